The lowest BCUT2D eigenvalue weighted by Crippen LogP contribution is -2.44. The monoisotopic (exact) mass is 615 g/mol. The van der Waals surface area contributed by atoms with E-state index in [1.807, 2.05) is 24.3 Å². The number of ether oxygens (including phenoxy) is 1. The molecular weight excluding hydrogens is 581 g/mol. The number of urea groups is 1. The number of aliphatic hydroxyl groups excluding tert-OH is 1. The summed E-state index contributed by atoms with van der Waals surface area (Å²) < 4.78 is 19.3. The van der Waals surface area contributed by atoms with Crippen molar-refractivity contribution in [3.8, 4) is 0 Å². The minimum atomic E-state index is -0.814. The van der Waals surface area contributed by atoms with Gasteiger partial charge in [0.05, 0.1) is 17.7 Å². The fourth-order valence-electron chi connectivity index (χ4n) is 4.16. The minimum Gasteiger partial charge on any atom is -0.447 e. The molecule has 0 spiro atoms. The fourth-order valence-corrected chi connectivity index (χ4v) is 4.39. The van der Waals surface area contributed by atoms with Crippen LogP contribution in [0.4, 0.5) is 19.8 Å². The molecule has 0 fully saturated rings. The van der Waals surface area contributed by atoms with Gasteiger partial charge >= 0.3 is 12.1 Å². The number of halogens is 2. The molecule has 0 aliphatic carbocycles. The third-order valence-electron chi connectivity index (χ3n) is 6.46. The summed E-state index contributed by atoms with van der Waals surface area (Å²) in [5.41, 5.74) is 5.68. The number of primary amides is 1. The van der Waals surface area contributed by atoms with Gasteiger partial charge in [0.15, 0.2) is 5.96 Å². The second-order valence-corrected chi connectivity index (χ2v) is 9.90. The molecule has 3 rings (SSSR count). The molecule has 230 valence electrons. The number of aromatic nitrogens is 1. The maximum atomic E-state index is 13.8. The number of fused-ring (bicyclic) bond motifs is 1. The molecule has 43 heavy (non-hydrogen) atoms. The Hall–Kier alpha value is -4.49. The Labute approximate surface area is 253 Å². The van der Waals surface area contributed by atoms with E-state index < -0.39 is 24.0 Å². The normalized spacial score (nSPS) is 12.0. The number of pyridine rings is 1. The highest BCUT2D eigenvalue weighted by molar-refractivity contribution is 6.31. The van der Waals surface area contributed by atoms with E-state index in [2.05, 4.69) is 25.9 Å². The Morgan fingerprint density at radius 1 is 1.19 bits per heavy atom. The molecule has 6 N–H and O–H groups in total. The quantitative estimate of drug-likeness (QED) is 0.111. The second kappa shape index (κ2) is 16.8. The third kappa shape index (κ3) is 10.7. The van der Waals surface area contributed by atoms with E-state index in [9.17, 15) is 18.8 Å². The standard InChI is InChI=1S/C29H35ClFN7O5/c1-38(25(40)12-11-19-8-4-10-23(31)26(19)30)22(9-5-13-33-28(34-14-15-39)37-27(32)41)18-43-29(42)36-24-16-20-6-2-3-7-21(20)17-35-24/h2-4,6-8,10,16-17,22,39H,5,9,11-15,18H2,1H3,(H,35,36,42)(H4,32,33,34,37,41)/t22-/m0/s1. The lowest BCUT2D eigenvalue weighted by Gasteiger charge is -2.28. The van der Waals surface area contributed by atoms with Gasteiger partial charge in [-0.15, -0.1) is 0 Å². The molecule has 0 radical (unpaired) electrons. The number of benzene rings is 2. The van der Waals surface area contributed by atoms with Crippen LogP contribution < -0.4 is 21.7 Å². The van der Waals surface area contributed by atoms with Gasteiger partial charge in [0.25, 0.3) is 0 Å². The number of aliphatic hydroxyl groups is 1. The molecule has 4 amide bonds. The number of hydrogen-bond donors (Lipinski definition) is 5. The number of anilines is 1. The van der Waals surface area contributed by atoms with Gasteiger partial charge in [-0.25, -0.2) is 19.0 Å². The van der Waals surface area contributed by atoms with E-state index in [1.54, 1.807) is 25.4 Å². The van der Waals surface area contributed by atoms with Crippen molar-refractivity contribution in [2.45, 2.75) is 31.7 Å². The summed E-state index contributed by atoms with van der Waals surface area (Å²) >= 11 is 6.04. The van der Waals surface area contributed by atoms with E-state index >= 15 is 0 Å². The maximum Gasteiger partial charge on any atom is 0.412 e. The van der Waals surface area contributed by atoms with E-state index in [4.69, 9.17) is 27.2 Å². The molecule has 0 saturated heterocycles. The van der Waals surface area contributed by atoms with Crippen molar-refractivity contribution in [2.24, 2.45) is 10.7 Å². The van der Waals surface area contributed by atoms with Crippen LogP contribution in [-0.2, 0) is 16.0 Å². The van der Waals surface area contributed by atoms with Gasteiger partial charge in [-0.05, 0) is 42.3 Å². The first kappa shape index (κ1) is 33.0. The zero-order valence-electron chi connectivity index (χ0n) is 23.7. The van der Waals surface area contributed by atoms with Crippen LogP contribution in [0, 0.1) is 5.82 Å². The molecular formula is C29H35ClFN7O5. The van der Waals surface area contributed by atoms with Gasteiger partial charge in [-0.1, -0.05) is 48.0 Å². The lowest BCUT2D eigenvalue weighted by atomic mass is 10.1. The number of nitrogens with one attached hydrogen (secondary N) is 3. The highest BCUT2D eigenvalue weighted by atomic mass is 35.5. The average Bonchev–Trinajstić information content (AvgIpc) is 2.99. The molecule has 14 heteroatoms. The molecule has 0 aliphatic rings. The summed E-state index contributed by atoms with van der Waals surface area (Å²) in [6.45, 7) is 0.0899. The number of rotatable bonds is 13. The Morgan fingerprint density at radius 3 is 2.70 bits per heavy atom. The minimum absolute atomic E-state index is 0.0233. The molecule has 2 aromatic carbocycles. The Morgan fingerprint density at radius 2 is 1.95 bits per heavy atom. The predicted octanol–water partition coefficient (Wildman–Crippen LogP) is 3.42. The summed E-state index contributed by atoms with van der Waals surface area (Å²) in [4.78, 5) is 46.9. The van der Waals surface area contributed by atoms with E-state index in [0.29, 0.717) is 24.2 Å². The number of nitrogens with zero attached hydrogens (tertiary/aromatic N) is 3. The number of amides is 4. The predicted molar refractivity (Wildman–Crippen MR) is 162 cm³/mol. The summed E-state index contributed by atoms with van der Waals surface area (Å²) in [6, 6.07) is 12.4. The number of carbonyl (C=O) groups is 3. The lowest BCUT2D eigenvalue weighted by molar-refractivity contribution is -0.132. The zero-order chi connectivity index (χ0) is 31.2. The average molecular weight is 616 g/mol. The number of aliphatic imine (C=N–C) groups is 1. The van der Waals surface area contributed by atoms with Crippen LogP contribution in [0.2, 0.25) is 5.02 Å². The van der Waals surface area contributed by atoms with Crippen LogP contribution in [-0.4, -0.2) is 78.4 Å². The van der Waals surface area contributed by atoms with E-state index in [1.165, 1.54) is 17.0 Å². The summed E-state index contributed by atoms with van der Waals surface area (Å²) in [6.07, 6.45) is 2.02. The Bertz CT molecular complexity index is 1440. The molecule has 0 saturated carbocycles. The van der Waals surface area contributed by atoms with Crippen LogP contribution in [0.25, 0.3) is 10.8 Å². The van der Waals surface area contributed by atoms with Gasteiger partial charge in [0, 0.05) is 38.1 Å². The van der Waals surface area contributed by atoms with Gasteiger partial charge in [-0.2, -0.15) is 0 Å². The molecule has 1 atom stereocenters. The molecule has 1 heterocycles. The van der Waals surface area contributed by atoms with Crippen molar-refractivity contribution in [3.05, 3.63) is 71.1 Å². The largest absolute Gasteiger partial charge is 0.447 e. The third-order valence-corrected chi connectivity index (χ3v) is 6.88. The van der Waals surface area contributed by atoms with Crippen LogP contribution in [0.15, 0.2) is 59.7 Å². The molecule has 0 aliphatic heterocycles. The fraction of sp³-hybridized carbons (Fsp3) is 0.345. The van der Waals surface area contributed by atoms with Crippen LogP contribution in [0.5, 0.6) is 0 Å². The van der Waals surface area contributed by atoms with Crippen LogP contribution >= 0.6 is 11.6 Å². The number of carbonyl (C=O) groups excluding carboxylic acids is 3. The zero-order valence-corrected chi connectivity index (χ0v) is 24.4. The number of nitrogens with two attached hydrogens (primary N) is 1. The van der Waals surface area contributed by atoms with Crippen molar-refractivity contribution in [1.82, 2.24) is 20.5 Å². The molecule has 3 aromatic rings. The maximum absolute atomic E-state index is 13.8. The molecule has 12 nitrogen and oxygen atoms in total. The SMILES string of the molecule is CN(C(=O)CCc1cccc(F)c1Cl)[C@@H](CCCN=C(NCCO)NC(N)=O)COC(=O)Nc1cc2ccccc2cn1. The highest BCUT2D eigenvalue weighted by Crippen LogP contribution is 2.22. The number of aryl methyl sites for hydroxylation is 1. The number of hydrogen-bond acceptors (Lipinski definition) is 7. The highest BCUT2D eigenvalue weighted by Gasteiger charge is 2.22. The van der Waals surface area contributed by atoms with Crippen molar-refractivity contribution < 1.29 is 28.6 Å². The summed E-state index contributed by atoms with van der Waals surface area (Å²) in [5.74, 6) is -0.393. The molecule has 1 aromatic heterocycles. The van der Waals surface area contributed by atoms with Gasteiger partial charge in [-0.3, -0.25) is 20.4 Å². The van der Waals surface area contributed by atoms with E-state index in [0.717, 1.165) is 10.8 Å². The van der Waals surface area contributed by atoms with Crippen LogP contribution in [0.3, 0.4) is 0 Å². The van der Waals surface area contributed by atoms with E-state index in [-0.39, 0.29) is 56.0 Å². The number of guanidine groups is 1. The topological polar surface area (TPSA) is 171 Å². The summed E-state index contributed by atoms with van der Waals surface area (Å²) in [5, 5.41) is 18.5. The first-order chi connectivity index (χ1) is 20.7. The van der Waals surface area contributed by atoms with Crippen molar-refractivity contribution in [2.75, 3.05) is 38.7 Å². The van der Waals surface area contributed by atoms with Crippen molar-refractivity contribution in [3.63, 3.8) is 0 Å². The van der Waals surface area contributed by atoms with Crippen molar-refractivity contribution >= 4 is 52.2 Å². The molecule has 0 unspecified atom stereocenters. The van der Waals surface area contributed by atoms with Gasteiger partial charge in [0.1, 0.15) is 18.2 Å². The van der Waals surface area contributed by atoms with Gasteiger partial charge < -0.3 is 25.8 Å². The Balaban J connectivity index is 1.64. The smallest absolute Gasteiger partial charge is 0.412 e. The first-order valence-corrected chi connectivity index (χ1v) is 14.0. The van der Waals surface area contributed by atoms with Crippen LogP contribution in [0.1, 0.15) is 24.8 Å². The summed E-state index contributed by atoms with van der Waals surface area (Å²) in [7, 11) is 1.60. The first-order valence-electron chi connectivity index (χ1n) is 13.6. The number of likely N-dealkylation sites (N-methyl/N-ethyl adjacent to an activating group) is 1. The molecule has 0 bridgehead atoms. The van der Waals surface area contributed by atoms with Gasteiger partial charge in [0.2, 0.25) is 5.91 Å². The van der Waals surface area contributed by atoms with Crippen molar-refractivity contribution in [1.29, 1.82) is 0 Å². The Kier molecular flexibility index (Phi) is 12.9. The second-order valence-electron chi connectivity index (χ2n) is 9.52.